The molecule has 0 heterocycles. The lowest BCUT2D eigenvalue weighted by molar-refractivity contribution is -0.136. The zero-order chi connectivity index (χ0) is 11.0. The van der Waals surface area contributed by atoms with Gasteiger partial charge in [-0.2, -0.15) is 17.2 Å². The third-order valence-electron chi connectivity index (χ3n) is 1.48. The summed E-state index contributed by atoms with van der Waals surface area (Å²) in [6.07, 6.45) is 0.930. The lowest BCUT2D eigenvalue weighted by atomic mass is 10.3. The molecule has 0 aliphatic rings. The van der Waals surface area contributed by atoms with Gasteiger partial charge in [-0.1, -0.05) is 13.5 Å². The Morgan fingerprint density at radius 3 is 2.86 bits per heavy atom. The van der Waals surface area contributed by atoms with Crippen molar-refractivity contribution in [3.8, 4) is 0 Å². The van der Waals surface area contributed by atoms with Crippen LogP contribution in [-0.2, 0) is 9.63 Å². The molecule has 4 nitrogen and oxygen atoms in total. The van der Waals surface area contributed by atoms with Gasteiger partial charge in [0.1, 0.15) is 5.76 Å². The van der Waals surface area contributed by atoms with E-state index in [1.807, 2.05) is 6.92 Å². The van der Waals surface area contributed by atoms with E-state index in [0.29, 0.717) is 16.8 Å². The predicted octanol–water partition coefficient (Wildman–Crippen LogP) is 1.64. The molecule has 0 aliphatic carbocycles. The Kier molecular flexibility index (Phi) is 7.32. The van der Waals surface area contributed by atoms with E-state index in [-0.39, 0.29) is 6.42 Å². The summed E-state index contributed by atoms with van der Waals surface area (Å²) in [7, 11) is 1.67. The third kappa shape index (κ3) is 7.94. The molecule has 0 saturated heterocycles. The summed E-state index contributed by atoms with van der Waals surface area (Å²) < 4.78 is 0. The Bertz CT molecular complexity index is 196. The van der Waals surface area contributed by atoms with Gasteiger partial charge in [-0.25, -0.2) is 0 Å². The predicted molar refractivity (Wildman–Crippen MR) is 58.1 cm³/mol. The fraction of sp³-hybridized carbons (Fsp3) is 0.667. The monoisotopic (exact) mass is 219 g/mol. The Labute approximate surface area is 88.7 Å². The van der Waals surface area contributed by atoms with Gasteiger partial charge in [0.2, 0.25) is 0 Å². The minimum Gasteiger partial charge on any atom is -0.481 e. The molecule has 0 aliphatic heterocycles. The summed E-state index contributed by atoms with van der Waals surface area (Å²) in [6.45, 7) is 5.74. The van der Waals surface area contributed by atoms with Crippen molar-refractivity contribution < 1.29 is 14.7 Å². The largest absolute Gasteiger partial charge is 0.481 e. The molecule has 1 unspecified atom stereocenters. The number of nitrogens with one attached hydrogen (secondary N) is 1. The number of thioether (sulfide) groups is 1. The van der Waals surface area contributed by atoms with Crippen LogP contribution in [-0.4, -0.2) is 29.1 Å². The zero-order valence-corrected chi connectivity index (χ0v) is 9.39. The van der Waals surface area contributed by atoms with Crippen molar-refractivity contribution in [3.05, 3.63) is 12.3 Å². The average Bonchev–Trinajstić information content (AvgIpc) is 2.03. The van der Waals surface area contributed by atoms with Crippen molar-refractivity contribution >= 4 is 17.7 Å². The summed E-state index contributed by atoms with van der Waals surface area (Å²) in [5, 5.41) is 8.76. The van der Waals surface area contributed by atoms with Gasteiger partial charge in [0.05, 0.1) is 6.42 Å². The summed E-state index contributed by atoms with van der Waals surface area (Å²) in [4.78, 5) is 15.2. The molecular formula is C9H17NO3S. The van der Waals surface area contributed by atoms with E-state index in [0.717, 1.165) is 6.42 Å². The second-order valence-electron chi connectivity index (χ2n) is 2.87. The van der Waals surface area contributed by atoms with Crippen LogP contribution in [0.5, 0.6) is 0 Å². The normalized spacial score (nSPS) is 12.1. The highest BCUT2D eigenvalue weighted by Gasteiger charge is 2.07. The minimum absolute atomic E-state index is 0.203. The second-order valence-corrected chi connectivity index (χ2v) is 4.42. The van der Waals surface area contributed by atoms with E-state index in [1.165, 1.54) is 0 Å². The van der Waals surface area contributed by atoms with Gasteiger partial charge in [-0.15, -0.1) is 0 Å². The quantitative estimate of drug-likeness (QED) is 0.480. The maximum atomic E-state index is 10.2. The van der Waals surface area contributed by atoms with E-state index in [4.69, 9.17) is 9.94 Å². The number of hydrogen-bond donors (Lipinski definition) is 2. The standard InChI is InChI=1S/C9H17NO3S/c1-7(13-10-3)6-8(2)14-5-4-9(11)12/h8,10H,1,4-6H2,2-3H3,(H,11,12). The van der Waals surface area contributed by atoms with Crippen LogP contribution in [0.15, 0.2) is 12.3 Å². The number of allylic oxidation sites excluding steroid dienone is 1. The summed E-state index contributed by atoms with van der Waals surface area (Å²) >= 11 is 1.61. The molecule has 0 radical (unpaired) electrons. The summed E-state index contributed by atoms with van der Waals surface area (Å²) in [5.74, 6) is 0.543. The molecular weight excluding hydrogens is 202 g/mol. The van der Waals surface area contributed by atoms with Gasteiger partial charge < -0.3 is 9.94 Å². The first-order valence-corrected chi connectivity index (χ1v) is 5.46. The maximum Gasteiger partial charge on any atom is 0.304 e. The maximum absolute atomic E-state index is 10.2. The molecule has 1 atom stereocenters. The van der Waals surface area contributed by atoms with E-state index >= 15 is 0 Å². The molecule has 0 aromatic heterocycles. The average molecular weight is 219 g/mol. The van der Waals surface area contributed by atoms with E-state index in [9.17, 15) is 4.79 Å². The van der Waals surface area contributed by atoms with Crippen LogP contribution in [0.2, 0.25) is 0 Å². The highest BCUT2D eigenvalue weighted by atomic mass is 32.2. The van der Waals surface area contributed by atoms with Gasteiger partial charge in [-0.05, 0) is 0 Å². The molecule has 5 heteroatoms. The molecule has 0 bridgehead atoms. The van der Waals surface area contributed by atoms with Crippen LogP contribution in [0.4, 0.5) is 0 Å². The van der Waals surface area contributed by atoms with E-state index in [1.54, 1.807) is 18.8 Å². The topological polar surface area (TPSA) is 58.6 Å². The first kappa shape index (κ1) is 13.3. The van der Waals surface area contributed by atoms with Gasteiger partial charge in [0.15, 0.2) is 0 Å². The third-order valence-corrected chi connectivity index (χ3v) is 2.66. The number of hydroxylamine groups is 1. The Morgan fingerprint density at radius 2 is 2.36 bits per heavy atom. The zero-order valence-electron chi connectivity index (χ0n) is 8.58. The number of aliphatic carboxylic acids is 1. The fourth-order valence-corrected chi connectivity index (χ4v) is 1.91. The molecule has 82 valence electrons. The summed E-state index contributed by atoms with van der Waals surface area (Å²) in [6, 6.07) is 0. The van der Waals surface area contributed by atoms with Crippen molar-refractivity contribution in [1.82, 2.24) is 5.48 Å². The van der Waals surface area contributed by atoms with Gasteiger partial charge >= 0.3 is 5.97 Å². The first-order chi connectivity index (χ1) is 6.56. The molecule has 0 saturated carbocycles. The SMILES string of the molecule is C=C(CC(C)SCCC(=O)O)ONC. The van der Waals surface area contributed by atoms with Crippen LogP contribution in [0, 0.1) is 0 Å². The van der Waals surface area contributed by atoms with Crippen molar-refractivity contribution in [2.24, 2.45) is 0 Å². The minimum atomic E-state index is -0.755. The van der Waals surface area contributed by atoms with Gasteiger partial charge in [0, 0.05) is 24.5 Å². The van der Waals surface area contributed by atoms with Crippen LogP contribution in [0.25, 0.3) is 0 Å². The van der Waals surface area contributed by atoms with E-state index < -0.39 is 5.97 Å². The molecule has 0 aromatic carbocycles. The molecule has 0 aromatic rings. The number of hydrogen-bond acceptors (Lipinski definition) is 4. The first-order valence-electron chi connectivity index (χ1n) is 4.41. The van der Waals surface area contributed by atoms with Crippen LogP contribution >= 0.6 is 11.8 Å². The second kappa shape index (κ2) is 7.70. The molecule has 0 rings (SSSR count). The van der Waals surface area contributed by atoms with Crippen molar-refractivity contribution in [2.45, 2.75) is 25.0 Å². The molecule has 0 spiro atoms. The number of carbonyl (C=O) groups is 1. The van der Waals surface area contributed by atoms with Crippen molar-refractivity contribution in [2.75, 3.05) is 12.8 Å². The molecule has 14 heavy (non-hydrogen) atoms. The number of rotatable bonds is 8. The lowest BCUT2D eigenvalue weighted by Gasteiger charge is -2.12. The smallest absolute Gasteiger partial charge is 0.304 e. The van der Waals surface area contributed by atoms with Gasteiger partial charge in [-0.3, -0.25) is 4.79 Å². The number of carboxylic acid groups (broad SMARTS) is 1. The van der Waals surface area contributed by atoms with Crippen LogP contribution in [0.1, 0.15) is 19.8 Å². The Balaban J connectivity index is 3.49. The number of carboxylic acids is 1. The molecule has 0 amide bonds. The van der Waals surface area contributed by atoms with Crippen molar-refractivity contribution in [3.63, 3.8) is 0 Å². The Morgan fingerprint density at radius 1 is 1.71 bits per heavy atom. The fourth-order valence-electron chi connectivity index (χ4n) is 0.913. The van der Waals surface area contributed by atoms with Crippen LogP contribution in [0.3, 0.4) is 0 Å². The Hall–Kier alpha value is -0.680. The molecule has 0 fully saturated rings. The van der Waals surface area contributed by atoms with Crippen molar-refractivity contribution in [1.29, 1.82) is 0 Å². The highest BCUT2D eigenvalue weighted by Crippen LogP contribution is 2.18. The van der Waals surface area contributed by atoms with Gasteiger partial charge in [0.25, 0.3) is 0 Å². The van der Waals surface area contributed by atoms with E-state index in [2.05, 4.69) is 12.1 Å². The lowest BCUT2D eigenvalue weighted by Crippen LogP contribution is -2.10. The summed E-state index contributed by atoms with van der Waals surface area (Å²) in [5.41, 5.74) is 2.54. The highest BCUT2D eigenvalue weighted by molar-refractivity contribution is 7.99. The van der Waals surface area contributed by atoms with Crippen LogP contribution < -0.4 is 5.48 Å². The molecule has 2 N–H and O–H groups in total.